The van der Waals surface area contributed by atoms with E-state index in [1.54, 1.807) is 12.1 Å². The molecule has 0 fully saturated rings. The molecule has 3 nitrogen and oxygen atoms in total. The van der Waals surface area contributed by atoms with Crippen LogP contribution in [0.15, 0.2) is 34.2 Å². The van der Waals surface area contributed by atoms with Gasteiger partial charge < -0.3 is 4.74 Å². The maximum absolute atomic E-state index is 11.3. The molecule has 0 saturated carbocycles. The van der Waals surface area contributed by atoms with Crippen LogP contribution >= 0.6 is 26.6 Å². The lowest BCUT2D eigenvalue weighted by Crippen LogP contribution is -2.02. The number of benzene rings is 1. The van der Waals surface area contributed by atoms with Crippen molar-refractivity contribution in [1.82, 2.24) is 0 Å². The Hall–Kier alpha value is -0.520. The summed E-state index contributed by atoms with van der Waals surface area (Å²) in [6, 6.07) is 4.58. The first-order valence-electron chi connectivity index (χ1n) is 5.26. The SMILES string of the molecule is C=C(Br)COc1ccc(S(=O)(=O)Cl)cc1C(C)C. The van der Waals surface area contributed by atoms with Crippen molar-refractivity contribution in [3.63, 3.8) is 0 Å². The van der Waals surface area contributed by atoms with Gasteiger partial charge in [-0.15, -0.1) is 0 Å². The van der Waals surface area contributed by atoms with Gasteiger partial charge in [-0.25, -0.2) is 8.42 Å². The van der Waals surface area contributed by atoms with Crippen molar-refractivity contribution >= 4 is 35.7 Å². The molecule has 0 N–H and O–H groups in total. The molecule has 0 amide bonds. The molecule has 0 spiro atoms. The topological polar surface area (TPSA) is 43.4 Å². The van der Waals surface area contributed by atoms with Gasteiger partial charge in [0.15, 0.2) is 0 Å². The molecule has 6 heteroatoms. The first kappa shape index (κ1) is 15.5. The van der Waals surface area contributed by atoms with Crippen LogP contribution in [0.4, 0.5) is 0 Å². The number of hydrogen-bond donors (Lipinski definition) is 0. The van der Waals surface area contributed by atoms with Gasteiger partial charge >= 0.3 is 0 Å². The van der Waals surface area contributed by atoms with Crippen molar-refractivity contribution in [2.45, 2.75) is 24.7 Å². The lowest BCUT2D eigenvalue weighted by atomic mass is 10.0. The fraction of sp³-hybridized carbons (Fsp3) is 0.333. The van der Waals surface area contributed by atoms with E-state index in [9.17, 15) is 8.42 Å². The van der Waals surface area contributed by atoms with Crippen LogP contribution in [-0.4, -0.2) is 15.0 Å². The monoisotopic (exact) mass is 352 g/mol. The molecule has 0 aliphatic heterocycles. The molecule has 18 heavy (non-hydrogen) atoms. The number of halogens is 2. The quantitative estimate of drug-likeness (QED) is 0.751. The Bertz CT molecular complexity index is 552. The molecule has 0 radical (unpaired) electrons. The minimum absolute atomic E-state index is 0.0814. The molecule has 1 aromatic carbocycles. The summed E-state index contributed by atoms with van der Waals surface area (Å²) in [5.74, 6) is 0.761. The minimum Gasteiger partial charge on any atom is -0.488 e. The Morgan fingerprint density at radius 1 is 1.50 bits per heavy atom. The molecule has 0 atom stereocenters. The molecule has 1 aromatic rings. The van der Waals surface area contributed by atoms with Gasteiger partial charge in [-0.1, -0.05) is 36.4 Å². The van der Waals surface area contributed by atoms with Crippen LogP contribution in [0.1, 0.15) is 25.3 Å². The summed E-state index contributed by atoms with van der Waals surface area (Å²) in [5.41, 5.74) is 0.797. The summed E-state index contributed by atoms with van der Waals surface area (Å²) in [5, 5.41) is 0. The van der Waals surface area contributed by atoms with Crippen LogP contribution in [-0.2, 0) is 9.05 Å². The van der Waals surface area contributed by atoms with E-state index in [0.717, 1.165) is 5.56 Å². The summed E-state index contributed by atoms with van der Waals surface area (Å²) in [4.78, 5) is 0.0814. The van der Waals surface area contributed by atoms with Crippen molar-refractivity contribution in [2.75, 3.05) is 6.61 Å². The second-order valence-corrected chi connectivity index (χ2v) is 7.79. The van der Waals surface area contributed by atoms with E-state index in [1.165, 1.54) is 6.07 Å². The molecule has 0 aliphatic rings. The van der Waals surface area contributed by atoms with E-state index in [0.29, 0.717) is 16.8 Å². The predicted molar refractivity (Wildman–Crippen MR) is 77.1 cm³/mol. The molecular weight excluding hydrogens is 340 g/mol. The Morgan fingerprint density at radius 2 is 2.11 bits per heavy atom. The average molecular weight is 354 g/mol. The van der Waals surface area contributed by atoms with E-state index < -0.39 is 9.05 Å². The first-order valence-corrected chi connectivity index (χ1v) is 8.36. The van der Waals surface area contributed by atoms with Crippen molar-refractivity contribution in [3.8, 4) is 5.75 Å². The van der Waals surface area contributed by atoms with Crippen molar-refractivity contribution < 1.29 is 13.2 Å². The largest absolute Gasteiger partial charge is 0.488 e. The van der Waals surface area contributed by atoms with E-state index >= 15 is 0 Å². The van der Waals surface area contributed by atoms with Gasteiger partial charge in [-0.2, -0.15) is 0 Å². The Kier molecular flexibility index (Phi) is 5.25. The van der Waals surface area contributed by atoms with E-state index in [1.807, 2.05) is 13.8 Å². The molecule has 0 saturated heterocycles. The molecule has 0 heterocycles. The van der Waals surface area contributed by atoms with Gasteiger partial charge in [0.2, 0.25) is 0 Å². The van der Waals surface area contributed by atoms with Gasteiger partial charge in [0, 0.05) is 15.2 Å². The van der Waals surface area contributed by atoms with Crippen LogP contribution in [0.2, 0.25) is 0 Å². The van der Waals surface area contributed by atoms with E-state index in [4.69, 9.17) is 15.4 Å². The standard InChI is InChI=1S/C12H14BrClO3S/c1-8(2)11-6-10(18(14,15)16)4-5-12(11)17-7-9(3)13/h4-6,8H,3,7H2,1-2H3. The summed E-state index contributed by atoms with van der Waals surface area (Å²) >= 11 is 3.20. The summed E-state index contributed by atoms with van der Waals surface area (Å²) in [6.45, 7) is 7.91. The van der Waals surface area contributed by atoms with E-state index in [2.05, 4.69) is 22.5 Å². The second-order valence-electron chi connectivity index (χ2n) is 4.10. The summed E-state index contributed by atoms with van der Waals surface area (Å²) in [7, 11) is 1.61. The molecule has 100 valence electrons. The van der Waals surface area contributed by atoms with Crippen LogP contribution in [0.3, 0.4) is 0 Å². The third kappa shape index (κ3) is 4.30. The van der Waals surface area contributed by atoms with Crippen LogP contribution in [0.5, 0.6) is 5.75 Å². The minimum atomic E-state index is -3.72. The smallest absolute Gasteiger partial charge is 0.261 e. The molecule has 0 bridgehead atoms. The highest BCUT2D eigenvalue weighted by Crippen LogP contribution is 2.30. The lowest BCUT2D eigenvalue weighted by Gasteiger charge is -2.14. The Morgan fingerprint density at radius 3 is 2.56 bits per heavy atom. The van der Waals surface area contributed by atoms with Gasteiger partial charge in [0.25, 0.3) is 9.05 Å². The number of hydrogen-bond acceptors (Lipinski definition) is 3. The van der Waals surface area contributed by atoms with Crippen LogP contribution in [0.25, 0.3) is 0 Å². The highest BCUT2D eigenvalue weighted by Gasteiger charge is 2.15. The molecule has 0 aromatic heterocycles. The highest BCUT2D eigenvalue weighted by molar-refractivity contribution is 9.11. The van der Waals surface area contributed by atoms with Gasteiger partial charge in [0.1, 0.15) is 12.4 Å². The van der Waals surface area contributed by atoms with Gasteiger partial charge in [0.05, 0.1) is 4.90 Å². The zero-order valence-corrected chi connectivity index (χ0v) is 13.3. The first-order chi connectivity index (χ1) is 8.21. The van der Waals surface area contributed by atoms with Crippen molar-refractivity contribution in [2.24, 2.45) is 0 Å². The molecule has 0 aliphatic carbocycles. The normalized spacial score (nSPS) is 11.6. The maximum atomic E-state index is 11.3. The fourth-order valence-corrected chi connectivity index (χ4v) is 2.32. The van der Waals surface area contributed by atoms with Crippen molar-refractivity contribution in [3.05, 3.63) is 34.8 Å². The number of ether oxygens (including phenoxy) is 1. The predicted octanol–water partition coefficient (Wildman–Crippen LogP) is 4.02. The highest BCUT2D eigenvalue weighted by atomic mass is 79.9. The molecular formula is C12H14BrClO3S. The second kappa shape index (κ2) is 6.08. The zero-order chi connectivity index (χ0) is 13.9. The number of rotatable bonds is 5. The van der Waals surface area contributed by atoms with Crippen LogP contribution in [0, 0.1) is 0 Å². The Balaban J connectivity index is 3.17. The van der Waals surface area contributed by atoms with Gasteiger partial charge in [-0.05, 0) is 29.7 Å². The summed E-state index contributed by atoms with van der Waals surface area (Å²) < 4.78 is 28.8. The van der Waals surface area contributed by atoms with E-state index in [-0.39, 0.29) is 10.8 Å². The fourth-order valence-electron chi connectivity index (χ4n) is 1.42. The molecule has 0 unspecified atom stereocenters. The summed E-state index contributed by atoms with van der Waals surface area (Å²) in [6.07, 6.45) is 0. The van der Waals surface area contributed by atoms with Crippen LogP contribution < -0.4 is 4.74 Å². The third-order valence-electron chi connectivity index (χ3n) is 2.27. The lowest BCUT2D eigenvalue weighted by molar-refractivity contribution is 0.355. The van der Waals surface area contributed by atoms with Gasteiger partial charge in [-0.3, -0.25) is 0 Å². The average Bonchev–Trinajstić information content (AvgIpc) is 2.24. The maximum Gasteiger partial charge on any atom is 0.261 e. The third-order valence-corrected chi connectivity index (χ3v) is 3.85. The Labute approximate surface area is 120 Å². The zero-order valence-electron chi connectivity index (χ0n) is 10.1. The molecule has 1 rings (SSSR count). The van der Waals surface area contributed by atoms with Crippen molar-refractivity contribution in [1.29, 1.82) is 0 Å².